The van der Waals surface area contributed by atoms with Gasteiger partial charge in [0.2, 0.25) is 11.8 Å². The Labute approximate surface area is 173 Å². The van der Waals surface area contributed by atoms with E-state index in [2.05, 4.69) is 30.1 Å². The Bertz CT molecular complexity index is 737. The van der Waals surface area contributed by atoms with Crippen LogP contribution in [-0.2, 0) is 20.9 Å². The van der Waals surface area contributed by atoms with E-state index in [9.17, 15) is 9.59 Å². The lowest BCUT2D eigenvalue weighted by atomic mass is 10.1. The molecule has 1 aromatic rings. The van der Waals surface area contributed by atoms with Gasteiger partial charge in [0.1, 0.15) is 0 Å². The monoisotopic (exact) mass is 399 g/mol. The molecule has 6 nitrogen and oxygen atoms in total. The summed E-state index contributed by atoms with van der Waals surface area (Å²) in [4.78, 5) is 29.7. The van der Waals surface area contributed by atoms with Gasteiger partial charge in [0.05, 0.1) is 18.1 Å². The number of anilines is 1. The molecule has 158 valence electrons. The number of amides is 2. The minimum absolute atomic E-state index is 0.0324. The predicted molar refractivity (Wildman–Crippen MR) is 112 cm³/mol. The Hall–Kier alpha value is -1.92. The molecular weight excluding hydrogens is 366 g/mol. The quantitative estimate of drug-likeness (QED) is 0.827. The first-order chi connectivity index (χ1) is 14.0. The van der Waals surface area contributed by atoms with Gasteiger partial charge < -0.3 is 15.0 Å². The van der Waals surface area contributed by atoms with Gasteiger partial charge in [0, 0.05) is 44.3 Å². The fourth-order valence-electron chi connectivity index (χ4n) is 5.15. The van der Waals surface area contributed by atoms with Crippen molar-refractivity contribution in [3.63, 3.8) is 0 Å². The number of hydrogen-bond donors (Lipinski definition) is 1. The van der Waals surface area contributed by atoms with E-state index < -0.39 is 0 Å². The largest absolute Gasteiger partial charge is 0.373 e. The predicted octanol–water partition coefficient (Wildman–Crippen LogP) is 3.03. The number of nitrogens with one attached hydrogen (secondary N) is 1. The number of para-hydroxylation sites is 1. The highest BCUT2D eigenvalue weighted by atomic mass is 16.5. The van der Waals surface area contributed by atoms with E-state index >= 15 is 0 Å². The number of rotatable bonds is 5. The SMILES string of the molecule is CC1CN(Cc2ccccc2NC(=O)C2CC(=O)N(C3CCCC3)C2)CC(C)O1. The molecule has 3 fully saturated rings. The van der Waals surface area contributed by atoms with Crippen molar-refractivity contribution in [3.8, 4) is 0 Å². The molecule has 0 bridgehead atoms. The van der Waals surface area contributed by atoms with E-state index in [1.807, 2.05) is 23.1 Å². The van der Waals surface area contributed by atoms with Gasteiger partial charge in [0.15, 0.2) is 0 Å². The summed E-state index contributed by atoms with van der Waals surface area (Å²) >= 11 is 0. The summed E-state index contributed by atoms with van der Waals surface area (Å²) in [6.45, 7) is 7.33. The van der Waals surface area contributed by atoms with Crippen molar-refractivity contribution in [1.29, 1.82) is 0 Å². The van der Waals surface area contributed by atoms with Gasteiger partial charge in [-0.05, 0) is 38.3 Å². The molecule has 1 aromatic carbocycles. The van der Waals surface area contributed by atoms with Gasteiger partial charge in [-0.2, -0.15) is 0 Å². The summed E-state index contributed by atoms with van der Waals surface area (Å²) in [5.41, 5.74) is 1.97. The molecule has 1 N–H and O–H groups in total. The van der Waals surface area contributed by atoms with E-state index in [4.69, 9.17) is 4.74 Å². The van der Waals surface area contributed by atoms with Crippen molar-refractivity contribution >= 4 is 17.5 Å². The molecule has 1 aliphatic carbocycles. The molecule has 0 spiro atoms. The van der Waals surface area contributed by atoms with Crippen LogP contribution in [0, 0.1) is 5.92 Å². The molecule has 2 heterocycles. The zero-order valence-corrected chi connectivity index (χ0v) is 17.6. The van der Waals surface area contributed by atoms with E-state index in [0.29, 0.717) is 19.0 Å². The van der Waals surface area contributed by atoms with Crippen LogP contribution in [0.2, 0.25) is 0 Å². The second-order valence-electron chi connectivity index (χ2n) is 8.98. The molecule has 6 heteroatoms. The zero-order chi connectivity index (χ0) is 20.4. The van der Waals surface area contributed by atoms with Crippen molar-refractivity contribution in [3.05, 3.63) is 29.8 Å². The van der Waals surface area contributed by atoms with E-state index in [1.165, 1.54) is 12.8 Å². The number of ether oxygens (including phenoxy) is 1. The topological polar surface area (TPSA) is 61.9 Å². The van der Waals surface area contributed by atoms with Crippen molar-refractivity contribution in [1.82, 2.24) is 9.80 Å². The highest BCUT2D eigenvalue weighted by Crippen LogP contribution is 2.30. The second kappa shape index (κ2) is 8.84. The summed E-state index contributed by atoms with van der Waals surface area (Å²) in [7, 11) is 0. The molecule has 2 saturated heterocycles. The summed E-state index contributed by atoms with van der Waals surface area (Å²) in [6.07, 6.45) is 5.31. The average Bonchev–Trinajstić information content (AvgIpc) is 3.32. The number of carbonyl (C=O) groups excluding carboxylic acids is 2. The summed E-state index contributed by atoms with van der Waals surface area (Å²) in [5.74, 6) is -0.142. The Kier molecular flexibility index (Phi) is 6.20. The molecule has 0 radical (unpaired) electrons. The molecule has 29 heavy (non-hydrogen) atoms. The molecule has 3 unspecified atom stereocenters. The van der Waals surface area contributed by atoms with Crippen molar-refractivity contribution in [2.45, 2.75) is 70.7 Å². The van der Waals surface area contributed by atoms with Gasteiger partial charge >= 0.3 is 0 Å². The van der Waals surface area contributed by atoms with Crippen LogP contribution in [0.25, 0.3) is 0 Å². The minimum atomic E-state index is -0.250. The fraction of sp³-hybridized carbons (Fsp3) is 0.652. The molecule has 2 aliphatic heterocycles. The summed E-state index contributed by atoms with van der Waals surface area (Å²) in [6, 6.07) is 8.35. The van der Waals surface area contributed by atoms with Gasteiger partial charge in [0.25, 0.3) is 0 Å². The van der Waals surface area contributed by atoms with Gasteiger partial charge in [-0.1, -0.05) is 31.0 Å². The van der Waals surface area contributed by atoms with Crippen LogP contribution in [0.3, 0.4) is 0 Å². The van der Waals surface area contributed by atoms with Crippen LogP contribution in [0.1, 0.15) is 51.5 Å². The second-order valence-corrected chi connectivity index (χ2v) is 8.98. The normalized spacial score (nSPS) is 28.8. The maximum absolute atomic E-state index is 12.9. The third-order valence-electron chi connectivity index (χ3n) is 6.46. The van der Waals surface area contributed by atoms with E-state index in [0.717, 1.165) is 43.7 Å². The van der Waals surface area contributed by atoms with Gasteiger partial charge in [-0.15, -0.1) is 0 Å². The molecule has 0 aromatic heterocycles. The summed E-state index contributed by atoms with van der Waals surface area (Å²) in [5, 5.41) is 3.12. The van der Waals surface area contributed by atoms with Crippen molar-refractivity contribution in [2.75, 3.05) is 25.0 Å². The number of carbonyl (C=O) groups is 2. The molecular formula is C23H33N3O3. The smallest absolute Gasteiger partial charge is 0.229 e. The first-order valence-electron chi connectivity index (χ1n) is 11.1. The fourth-order valence-corrected chi connectivity index (χ4v) is 5.15. The van der Waals surface area contributed by atoms with Gasteiger partial charge in [-0.25, -0.2) is 0 Å². The van der Waals surface area contributed by atoms with E-state index in [1.54, 1.807) is 0 Å². The Morgan fingerprint density at radius 2 is 1.79 bits per heavy atom. The number of nitrogens with zero attached hydrogens (tertiary/aromatic N) is 2. The maximum Gasteiger partial charge on any atom is 0.229 e. The third kappa shape index (κ3) is 4.81. The van der Waals surface area contributed by atoms with Crippen molar-refractivity contribution in [2.24, 2.45) is 5.92 Å². The van der Waals surface area contributed by atoms with E-state index in [-0.39, 0.29) is 29.9 Å². The lowest BCUT2D eigenvalue weighted by Gasteiger charge is -2.35. The number of hydrogen-bond acceptors (Lipinski definition) is 4. The average molecular weight is 400 g/mol. The Morgan fingerprint density at radius 3 is 2.52 bits per heavy atom. The van der Waals surface area contributed by atoms with Crippen LogP contribution in [-0.4, -0.2) is 59.5 Å². The lowest BCUT2D eigenvalue weighted by molar-refractivity contribution is -0.129. The molecule has 2 amide bonds. The lowest BCUT2D eigenvalue weighted by Crippen LogP contribution is -2.44. The maximum atomic E-state index is 12.9. The van der Waals surface area contributed by atoms with Crippen LogP contribution >= 0.6 is 0 Å². The Balaban J connectivity index is 1.39. The number of likely N-dealkylation sites (tertiary alicyclic amines) is 1. The first-order valence-corrected chi connectivity index (χ1v) is 11.1. The number of morpholine rings is 1. The molecule has 3 aliphatic rings. The van der Waals surface area contributed by atoms with Crippen LogP contribution < -0.4 is 5.32 Å². The first kappa shape index (κ1) is 20.4. The highest BCUT2D eigenvalue weighted by Gasteiger charge is 2.38. The van der Waals surface area contributed by atoms with Crippen LogP contribution in [0.5, 0.6) is 0 Å². The molecule has 4 rings (SSSR count). The van der Waals surface area contributed by atoms with Crippen LogP contribution in [0.4, 0.5) is 5.69 Å². The zero-order valence-electron chi connectivity index (χ0n) is 17.6. The van der Waals surface area contributed by atoms with Crippen LogP contribution in [0.15, 0.2) is 24.3 Å². The third-order valence-corrected chi connectivity index (χ3v) is 6.46. The number of benzene rings is 1. The Morgan fingerprint density at radius 1 is 1.10 bits per heavy atom. The molecule has 3 atom stereocenters. The minimum Gasteiger partial charge on any atom is -0.373 e. The van der Waals surface area contributed by atoms with Gasteiger partial charge in [-0.3, -0.25) is 14.5 Å². The highest BCUT2D eigenvalue weighted by molar-refractivity contribution is 5.97. The van der Waals surface area contributed by atoms with Crippen molar-refractivity contribution < 1.29 is 14.3 Å². The standard InChI is InChI=1S/C23H33N3O3/c1-16-12-25(13-17(2)29-16)14-18-7-3-6-10-21(18)24-23(28)19-11-22(27)26(15-19)20-8-4-5-9-20/h3,6-7,10,16-17,19-20H,4-5,8-9,11-15H2,1-2H3,(H,24,28). The molecule has 1 saturated carbocycles. The summed E-state index contributed by atoms with van der Waals surface area (Å²) < 4.78 is 5.83.